The number of anilines is 3. The van der Waals surface area contributed by atoms with Gasteiger partial charge in [-0.05, 0) is 30.3 Å². The van der Waals surface area contributed by atoms with E-state index in [1.807, 2.05) is 48.5 Å². The molecule has 2 aromatic carbocycles. The molecule has 0 unspecified atom stereocenters. The molecule has 0 bridgehead atoms. The van der Waals surface area contributed by atoms with Gasteiger partial charge in [-0.1, -0.05) is 18.2 Å². The molecule has 7 nitrogen and oxygen atoms in total. The lowest BCUT2D eigenvalue weighted by Crippen LogP contribution is -2.12. The number of carbonyl (C=O) groups is 1. The van der Waals surface area contributed by atoms with Crippen molar-refractivity contribution in [3.63, 3.8) is 0 Å². The highest BCUT2D eigenvalue weighted by molar-refractivity contribution is 5.69. The van der Waals surface area contributed by atoms with Gasteiger partial charge in [0.25, 0.3) is 0 Å². The van der Waals surface area contributed by atoms with E-state index in [1.165, 1.54) is 6.92 Å². The van der Waals surface area contributed by atoms with Crippen LogP contribution in [0.15, 0.2) is 60.8 Å². The topological polar surface area (TPSA) is 81.7 Å². The van der Waals surface area contributed by atoms with E-state index in [9.17, 15) is 4.79 Å². The normalized spacial score (nSPS) is 18.6. The maximum absolute atomic E-state index is 11.3. The molecule has 7 heteroatoms. The number of fused-ring (bicyclic) bond motifs is 2. The van der Waals surface area contributed by atoms with E-state index in [1.54, 1.807) is 6.20 Å². The molecule has 3 aromatic rings. The summed E-state index contributed by atoms with van der Waals surface area (Å²) in [6.45, 7) is 2.27. The summed E-state index contributed by atoms with van der Waals surface area (Å²) < 4.78 is 17.0. The van der Waals surface area contributed by atoms with Crippen LogP contribution in [0, 0.1) is 0 Å². The molecule has 30 heavy (non-hydrogen) atoms. The van der Waals surface area contributed by atoms with Crippen molar-refractivity contribution in [1.29, 1.82) is 0 Å². The third-order valence-electron chi connectivity index (χ3n) is 5.14. The van der Waals surface area contributed by atoms with Crippen molar-refractivity contribution in [3.05, 3.63) is 71.9 Å². The largest absolute Gasteiger partial charge is 0.489 e. The molecule has 0 radical (unpaired) electrons. The van der Waals surface area contributed by atoms with E-state index >= 15 is 0 Å². The molecule has 0 amide bonds. The first-order valence-corrected chi connectivity index (χ1v) is 9.81. The van der Waals surface area contributed by atoms with E-state index in [0.29, 0.717) is 13.2 Å². The lowest BCUT2D eigenvalue weighted by Gasteiger charge is -2.15. The minimum Gasteiger partial charge on any atom is -0.489 e. The van der Waals surface area contributed by atoms with Gasteiger partial charge in [0, 0.05) is 36.0 Å². The highest BCUT2D eigenvalue weighted by atomic mass is 16.6. The fourth-order valence-corrected chi connectivity index (χ4v) is 3.81. The van der Waals surface area contributed by atoms with Crippen LogP contribution in [0.2, 0.25) is 0 Å². The molecule has 0 fully saturated rings. The number of hydrogen-bond acceptors (Lipinski definition) is 7. The third kappa shape index (κ3) is 3.50. The first-order chi connectivity index (χ1) is 14.7. The van der Waals surface area contributed by atoms with Crippen molar-refractivity contribution in [3.8, 4) is 11.5 Å². The van der Waals surface area contributed by atoms with E-state index in [2.05, 4.69) is 21.7 Å². The van der Waals surface area contributed by atoms with Crippen LogP contribution in [0.25, 0.3) is 0 Å². The molecule has 3 heterocycles. The maximum atomic E-state index is 11.3. The van der Waals surface area contributed by atoms with Gasteiger partial charge in [0.15, 0.2) is 6.10 Å². The molecule has 1 aromatic heterocycles. The minimum absolute atomic E-state index is 0.00852. The van der Waals surface area contributed by atoms with E-state index in [0.717, 1.165) is 39.8 Å². The number of hydrogen-bond donors (Lipinski definition) is 2. The predicted molar refractivity (Wildman–Crippen MR) is 112 cm³/mol. The Kier molecular flexibility index (Phi) is 4.63. The van der Waals surface area contributed by atoms with Crippen molar-refractivity contribution in [2.75, 3.05) is 23.8 Å². The fourth-order valence-electron chi connectivity index (χ4n) is 3.81. The summed E-state index contributed by atoms with van der Waals surface area (Å²) >= 11 is 0. The van der Waals surface area contributed by atoms with Crippen LogP contribution in [-0.4, -0.2) is 24.2 Å². The number of benzene rings is 2. The quantitative estimate of drug-likeness (QED) is 0.612. The van der Waals surface area contributed by atoms with Crippen LogP contribution in [0.4, 0.5) is 17.2 Å². The number of ether oxygens (including phenoxy) is 3. The Hall–Kier alpha value is -3.74. The van der Waals surface area contributed by atoms with Crippen LogP contribution in [0.5, 0.6) is 11.5 Å². The van der Waals surface area contributed by atoms with Gasteiger partial charge in [0.2, 0.25) is 0 Å². The van der Waals surface area contributed by atoms with Crippen molar-refractivity contribution < 1.29 is 19.0 Å². The summed E-state index contributed by atoms with van der Waals surface area (Å²) in [5.74, 6) is 2.02. The monoisotopic (exact) mass is 403 g/mol. The zero-order chi connectivity index (χ0) is 20.5. The molecule has 0 spiro atoms. The summed E-state index contributed by atoms with van der Waals surface area (Å²) in [4.78, 5) is 15.6. The zero-order valence-corrected chi connectivity index (χ0v) is 16.4. The summed E-state index contributed by atoms with van der Waals surface area (Å²) in [5.41, 5.74) is 3.77. The van der Waals surface area contributed by atoms with Crippen LogP contribution < -0.4 is 20.1 Å². The van der Waals surface area contributed by atoms with Gasteiger partial charge in [0.1, 0.15) is 30.5 Å². The van der Waals surface area contributed by atoms with Crippen molar-refractivity contribution >= 4 is 23.2 Å². The van der Waals surface area contributed by atoms with Crippen molar-refractivity contribution in [2.24, 2.45) is 0 Å². The number of nitrogens with one attached hydrogen (secondary N) is 2. The Bertz CT molecular complexity index is 1090. The number of carbonyl (C=O) groups excluding carboxylic acids is 1. The number of para-hydroxylation sites is 1. The lowest BCUT2D eigenvalue weighted by atomic mass is 10.1. The summed E-state index contributed by atoms with van der Waals surface area (Å²) in [5, 5.41) is 6.84. The van der Waals surface area contributed by atoms with Gasteiger partial charge in [-0.2, -0.15) is 0 Å². The van der Waals surface area contributed by atoms with Crippen molar-refractivity contribution in [1.82, 2.24) is 4.98 Å². The molecule has 2 N–H and O–H groups in total. The molecule has 2 aliphatic heterocycles. The predicted octanol–water partition coefficient (Wildman–Crippen LogP) is 4.37. The molecule has 152 valence electrons. The van der Waals surface area contributed by atoms with Crippen LogP contribution >= 0.6 is 0 Å². The second kappa shape index (κ2) is 7.59. The van der Waals surface area contributed by atoms with Crippen LogP contribution in [-0.2, 0) is 9.53 Å². The Labute approximate surface area is 174 Å². The molecule has 2 aliphatic rings. The molecule has 0 saturated heterocycles. The number of pyridine rings is 1. The summed E-state index contributed by atoms with van der Waals surface area (Å²) in [6.07, 6.45) is 1.40. The van der Waals surface area contributed by atoms with E-state index in [4.69, 9.17) is 14.2 Å². The van der Waals surface area contributed by atoms with Gasteiger partial charge in [-0.15, -0.1) is 0 Å². The Morgan fingerprint density at radius 2 is 2.00 bits per heavy atom. The van der Waals surface area contributed by atoms with Gasteiger partial charge >= 0.3 is 5.97 Å². The number of rotatable bonds is 5. The van der Waals surface area contributed by atoms with E-state index in [-0.39, 0.29) is 18.1 Å². The average Bonchev–Trinajstić information content (AvgIpc) is 3.33. The Morgan fingerprint density at radius 3 is 2.83 bits per heavy atom. The highest BCUT2D eigenvalue weighted by Gasteiger charge is 2.29. The van der Waals surface area contributed by atoms with Gasteiger partial charge in [-0.25, -0.2) is 4.98 Å². The maximum Gasteiger partial charge on any atom is 0.303 e. The average molecular weight is 403 g/mol. The highest BCUT2D eigenvalue weighted by Crippen LogP contribution is 2.42. The lowest BCUT2D eigenvalue weighted by molar-refractivity contribution is -0.147. The number of nitrogens with zero attached hydrogens (tertiary/aromatic N) is 1. The number of aromatic nitrogens is 1. The SMILES string of the molecule is CC(=O)O[C@@H]1COc2cc(N[C@@H]3COc4c(Nc5ccccn5)cccc43)ccc21. The zero-order valence-electron chi connectivity index (χ0n) is 16.4. The molecular formula is C23H21N3O4. The standard InChI is InChI=1S/C23H21N3O4/c1-14(27)30-21-13-28-20-11-15(8-9-17(20)21)25-19-12-29-23-16(19)5-4-6-18(23)26-22-7-2-3-10-24-22/h2-11,19,21,25H,12-13H2,1H3,(H,24,26)/t19-,21-/m1/s1. The van der Waals surface area contributed by atoms with Gasteiger partial charge in [-0.3, -0.25) is 4.79 Å². The van der Waals surface area contributed by atoms with E-state index < -0.39 is 0 Å². The fraction of sp³-hybridized carbons (Fsp3) is 0.217. The first kappa shape index (κ1) is 18.3. The summed E-state index contributed by atoms with van der Waals surface area (Å²) in [6, 6.07) is 17.6. The molecule has 5 rings (SSSR count). The number of esters is 1. The first-order valence-electron chi connectivity index (χ1n) is 9.81. The third-order valence-corrected chi connectivity index (χ3v) is 5.14. The van der Waals surface area contributed by atoms with Crippen LogP contribution in [0.1, 0.15) is 30.2 Å². The van der Waals surface area contributed by atoms with Crippen molar-refractivity contribution in [2.45, 2.75) is 19.1 Å². The molecular weight excluding hydrogens is 382 g/mol. The van der Waals surface area contributed by atoms with Gasteiger partial charge < -0.3 is 24.8 Å². The molecule has 0 aliphatic carbocycles. The molecule has 0 saturated carbocycles. The minimum atomic E-state index is -0.345. The second-order valence-electron chi connectivity index (χ2n) is 7.23. The smallest absolute Gasteiger partial charge is 0.303 e. The molecule has 2 atom stereocenters. The summed E-state index contributed by atoms with van der Waals surface area (Å²) in [7, 11) is 0. The Balaban J connectivity index is 1.34. The Morgan fingerprint density at radius 1 is 1.07 bits per heavy atom. The second-order valence-corrected chi connectivity index (χ2v) is 7.23. The van der Waals surface area contributed by atoms with Gasteiger partial charge in [0.05, 0.1) is 11.7 Å². The van der Waals surface area contributed by atoms with Crippen LogP contribution in [0.3, 0.4) is 0 Å².